The minimum atomic E-state index is -0.915. The van der Waals surface area contributed by atoms with Crippen molar-refractivity contribution in [3.63, 3.8) is 0 Å². The fraction of sp³-hybridized carbons (Fsp3) is 0.387. The zero-order valence-electron chi connectivity index (χ0n) is 23.1. The number of allylic oxidation sites excluding steroid dienone is 3. The van der Waals surface area contributed by atoms with E-state index in [1.807, 2.05) is 75.1 Å². The van der Waals surface area contributed by atoms with Gasteiger partial charge in [-0.1, -0.05) is 30.4 Å². The number of hydrogen-bond acceptors (Lipinski definition) is 6. The van der Waals surface area contributed by atoms with Crippen molar-refractivity contribution in [3.05, 3.63) is 70.3 Å². The van der Waals surface area contributed by atoms with Gasteiger partial charge >= 0.3 is 0 Å². The zero-order chi connectivity index (χ0) is 27.9. The van der Waals surface area contributed by atoms with Crippen LogP contribution in [0.15, 0.2) is 53.1 Å². The van der Waals surface area contributed by atoms with Crippen LogP contribution in [0, 0.1) is 20.8 Å². The third-order valence-corrected chi connectivity index (χ3v) is 8.67. The number of amides is 1. The van der Waals surface area contributed by atoms with Gasteiger partial charge in [-0.3, -0.25) is 4.79 Å². The molecule has 1 atom stereocenters. The third-order valence-electron chi connectivity index (χ3n) is 8.28. The molecule has 2 aliphatic heterocycles. The molecular formula is C31H36N4O3S. The molecule has 0 bridgehead atoms. The van der Waals surface area contributed by atoms with Crippen LogP contribution in [0.1, 0.15) is 42.0 Å². The first-order valence-corrected chi connectivity index (χ1v) is 13.9. The molecule has 7 nitrogen and oxygen atoms in total. The topological polar surface area (TPSA) is 91.4 Å². The summed E-state index contributed by atoms with van der Waals surface area (Å²) in [6, 6.07) is 8.01. The van der Waals surface area contributed by atoms with Crippen molar-refractivity contribution in [2.75, 3.05) is 31.1 Å². The van der Waals surface area contributed by atoms with Crippen molar-refractivity contribution in [1.82, 2.24) is 4.90 Å². The van der Waals surface area contributed by atoms with E-state index in [0.717, 1.165) is 62.9 Å². The highest BCUT2D eigenvalue weighted by Crippen LogP contribution is 2.43. The van der Waals surface area contributed by atoms with E-state index in [0.29, 0.717) is 43.9 Å². The number of aliphatic imine (C=N–C) groups is 1. The molecule has 0 spiro atoms. The number of phenolic OH excluding ortho intramolecular Hbond substituents is 1. The predicted molar refractivity (Wildman–Crippen MR) is 161 cm³/mol. The van der Waals surface area contributed by atoms with Crippen molar-refractivity contribution >= 4 is 40.2 Å². The second kappa shape index (κ2) is 10.5. The van der Waals surface area contributed by atoms with Crippen LogP contribution in [0.4, 0.5) is 11.4 Å². The summed E-state index contributed by atoms with van der Waals surface area (Å²) >= 11 is 5.41. The van der Waals surface area contributed by atoms with Gasteiger partial charge in [0.15, 0.2) is 5.60 Å². The quantitative estimate of drug-likeness (QED) is 0.320. The molecule has 5 rings (SSSR count). The monoisotopic (exact) mass is 544 g/mol. The van der Waals surface area contributed by atoms with Crippen molar-refractivity contribution in [2.24, 2.45) is 10.7 Å². The maximum Gasteiger partial charge on any atom is 0.266 e. The van der Waals surface area contributed by atoms with E-state index in [4.69, 9.17) is 22.7 Å². The number of hydrogen-bond donors (Lipinski definition) is 2. The van der Waals surface area contributed by atoms with Gasteiger partial charge in [0.25, 0.3) is 5.91 Å². The zero-order valence-corrected chi connectivity index (χ0v) is 23.9. The molecule has 1 aliphatic carbocycles. The summed E-state index contributed by atoms with van der Waals surface area (Å²) in [5, 5.41) is 10.5. The number of rotatable bonds is 4. The number of benzene rings is 2. The van der Waals surface area contributed by atoms with Gasteiger partial charge in [0.1, 0.15) is 17.3 Å². The van der Waals surface area contributed by atoms with E-state index in [1.165, 1.54) is 0 Å². The second-order valence-electron chi connectivity index (χ2n) is 10.8. The first-order chi connectivity index (χ1) is 18.6. The predicted octanol–water partition coefficient (Wildman–Crippen LogP) is 4.99. The summed E-state index contributed by atoms with van der Waals surface area (Å²) in [5.74, 6) is 1.54. The highest BCUT2D eigenvalue weighted by molar-refractivity contribution is 7.81. The van der Waals surface area contributed by atoms with Crippen LogP contribution in [0.3, 0.4) is 0 Å². The van der Waals surface area contributed by atoms with Crippen molar-refractivity contribution < 1.29 is 14.6 Å². The Kier molecular flexibility index (Phi) is 7.25. The molecule has 204 valence electrons. The number of fused-ring (bicyclic) bond motifs is 1. The number of phenols is 1. The Morgan fingerprint density at radius 1 is 1.08 bits per heavy atom. The maximum atomic E-state index is 13.7. The number of piperazine rings is 1. The highest BCUT2D eigenvalue weighted by atomic mass is 32.1. The van der Waals surface area contributed by atoms with Crippen LogP contribution in [-0.2, 0) is 11.2 Å². The fourth-order valence-corrected chi connectivity index (χ4v) is 5.88. The molecular weight excluding hydrogens is 508 g/mol. The lowest BCUT2D eigenvalue weighted by Crippen LogP contribution is -2.57. The molecule has 0 unspecified atom stereocenters. The Balaban J connectivity index is 1.23. The van der Waals surface area contributed by atoms with Crippen LogP contribution in [0.25, 0.3) is 0 Å². The first-order valence-electron chi connectivity index (χ1n) is 13.5. The Bertz CT molecular complexity index is 1420. The normalized spacial score (nSPS) is 21.4. The standard InChI is InChI=1S/C31H36N4O3S/c1-19-20(2)28-24(21(3)27(19)36)13-14-31(4,38-28)30(37)35-17-15-34(16-18-35)23-11-9-22(10-12-23)33-29(32)25-7-5-6-8-26(25)39/h5-7,9-12,36H,8,13-18H2,1-4H3,(H2,32,33)/t31-/m1/s1. The number of carbonyl (C=O) groups is 1. The SMILES string of the molecule is Cc1c(C)c2c(c(C)c1O)CC[C@](C)(C(=O)N1CCN(c3ccc(N=C(N)C4=CC=CCC4=S)cc3)CC1)O2. The van der Waals surface area contributed by atoms with E-state index >= 15 is 0 Å². The van der Waals surface area contributed by atoms with E-state index in [9.17, 15) is 9.90 Å². The summed E-state index contributed by atoms with van der Waals surface area (Å²) < 4.78 is 6.43. The smallest absolute Gasteiger partial charge is 0.266 e. The van der Waals surface area contributed by atoms with Gasteiger partial charge in [0, 0.05) is 60.7 Å². The van der Waals surface area contributed by atoms with Crippen LogP contribution >= 0.6 is 12.2 Å². The molecule has 8 heteroatoms. The lowest BCUT2D eigenvalue weighted by atomic mass is 9.86. The molecule has 2 heterocycles. The number of aromatic hydroxyl groups is 1. The van der Waals surface area contributed by atoms with Crippen LogP contribution in [0.5, 0.6) is 11.5 Å². The highest BCUT2D eigenvalue weighted by Gasteiger charge is 2.43. The van der Waals surface area contributed by atoms with Gasteiger partial charge in [-0.25, -0.2) is 4.99 Å². The molecule has 3 aliphatic rings. The van der Waals surface area contributed by atoms with Gasteiger partial charge in [0.2, 0.25) is 0 Å². The van der Waals surface area contributed by atoms with E-state index < -0.39 is 5.60 Å². The van der Waals surface area contributed by atoms with Crippen molar-refractivity contribution in [2.45, 2.75) is 52.6 Å². The van der Waals surface area contributed by atoms with Crippen LogP contribution in [0.2, 0.25) is 0 Å². The summed E-state index contributed by atoms with van der Waals surface area (Å²) in [6.07, 6.45) is 7.88. The van der Waals surface area contributed by atoms with E-state index in [-0.39, 0.29) is 5.91 Å². The molecule has 1 fully saturated rings. The Morgan fingerprint density at radius 3 is 2.44 bits per heavy atom. The fourth-order valence-electron chi connectivity index (χ4n) is 5.61. The summed E-state index contributed by atoms with van der Waals surface area (Å²) in [4.78, 5) is 23.2. The molecule has 3 N–H and O–H groups in total. The van der Waals surface area contributed by atoms with Crippen LogP contribution in [-0.4, -0.2) is 58.4 Å². The Hall–Kier alpha value is -3.65. The number of nitrogens with zero attached hydrogens (tertiary/aromatic N) is 3. The molecule has 1 saturated heterocycles. The molecule has 0 radical (unpaired) electrons. The van der Waals surface area contributed by atoms with Crippen LogP contribution < -0.4 is 15.4 Å². The number of amidine groups is 1. The largest absolute Gasteiger partial charge is 0.507 e. The summed E-state index contributed by atoms with van der Waals surface area (Å²) in [6.45, 7) is 10.4. The van der Waals surface area contributed by atoms with Crippen molar-refractivity contribution in [3.8, 4) is 11.5 Å². The number of ether oxygens (including phenoxy) is 1. The molecule has 0 saturated carbocycles. The van der Waals surface area contributed by atoms with E-state index in [2.05, 4.69) is 9.89 Å². The van der Waals surface area contributed by atoms with Gasteiger partial charge in [-0.2, -0.15) is 0 Å². The number of anilines is 1. The molecule has 1 amide bonds. The average molecular weight is 545 g/mol. The van der Waals surface area contributed by atoms with Gasteiger partial charge in [-0.05, 0) is 75.1 Å². The van der Waals surface area contributed by atoms with Crippen molar-refractivity contribution in [1.29, 1.82) is 0 Å². The minimum absolute atomic E-state index is 0.0283. The summed E-state index contributed by atoms with van der Waals surface area (Å²) in [7, 11) is 0. The number of carbonyl (C=O) groups excluding carboxylic acids is 1. The number of thiocarbonyl (C=S) groups is 1. The molecule has 2 aromatic carbocycles. The minimum Gasteiger partial charge on any atom is -0.507 e. The average Bonchev–Trinajstić information content (AvgIpc) is 2.95. The second-order valence-corrected chi connectivity index (χ2v) is 11.3. The molecule has 0 aromatic heterocycles. The molecule has 2 aromatic rings. The maximum absolute atomic E-state index is 13.7. The lowest BCUT2D eigenvalue weighted by Gasteiger charge is -2.42. The first kappa shape index (κ1) is 26.9. The number of nitrogens with two attached hydrogens (primary N) is 1. The van der Waals surface area contributed by atoms with Gasteiger partial charge in [-0.15, -0.1) is 0 Å². The van der Waals surface area contributed by atoms with Gasteiger partial charge < -0.3 is 25.4 Å². The Morgan fingerprint density at radius 2 is 1.77 bits per heavy atom. The Labute approximate surface area is 235 Å². The molecule has 39 heavy (non-hydrogen) atoms. The summed E-state index contributed by atoms with van der Waals surface area (Å²) in [5.41, 5.74) is 11.6. The van der Waals surface area contributed by atoms with E-state index in [1.54, 1.807) is 0 Å². The lowest BCUT2D eigenvalue weighted by molar-refractivity contribution is -0.148. The third kappa shape index (κ3) is 5.05. The van der Waals surface area contributed by atoms with Gasteiger partial charge in [0.05, 0.1) is 5.69 Å².